The first kappa shape index (κ1) is 15.8. The Morgan fingerprint density at radius 3 is 2.71 bits per heavy atom. The van der Waals surface area contributed by atoms with Gasteiger partial charge >= 0.3 is 6.09 Å². The van der Waals surface area contributed by atoms with Crippen molar-refractivity contribution in [1.82, 2.24) is 10.2 Å². The van der Waals surface area contributed by atoms with E-state index in [9.17, 15) is 4.79 Å². The standard InChI is InChI=1S/C17H26N2O2/c1-17(2,3)21-16(20)19-12-11-18-13-15(19)10-9-14-7-5-4-6-8-14/h4-8,15,18H,9-13H2,1-3H3. The van der Waals surface area contributed by atoms with Gasteiger partial charge < -0.3 is 15.0 Å². The van der Waals surface area contributed by atoms with Crippen molar-refractivity contribution < 1.29 is 9.53 Å². The molecule has 1 unspecified atom stereocenters. The molecule has 4 nitrogen and oxygen atoms in total. The van der Waals surface area contributed by atoms with E-state index >= 15 is 0 Å². The van der Waals surface area contributed by atoms with Crippen molar-refractivity contribution >= 4 is 6.09 Å². The lowest BCUT2D eigenvalue weighted by Gasteiger charge is -2.37. The lowest BCUT2D eigenvalue weighted by atomic mass is 10.0. The predicted octanol–water partition coefficient (Wildman–Crippen LogP) is 2.83. The molecule has 4 heteroatoms. The van der Waals surface area contributed by atoms with Crippen LogP contribution < -0.4 is 5.32 Å². The van der Waals surface area contributed by atoms with Crippen LogP contribution in [-0.4, -0.2) is 42.3 Å². The van der Waals surface area contributed by atoms with E-state index in [1.807, 2.05) is 31.7 Å². The molecule has 1 aromatic rings. The molecule has 21 heavy (non-hydrogen) atoms. The van der Waals surface area contributed by atoms with Crippen molar-refractivity contribution in [3.63, 3.8) is 0 Å². The summed E-state index contributed by atoms with van der Waals surface area (Å²) in [6.07, 6.45) is 1.74. The number of nitrogens with one attached hydrogen (secondary N) is 1. The summed E-state index contributed by atoms with van der Waals surface area (Å²) >= 11 is 0. The lowest BCUT2D eigenvalue weighted by Crippen LogP contribution is -2.54. The highest BCUT2D eigenvalue weighted by atomic mass is 16.6. The number of piperazine rings is 1. The molecule has 0 radical (unpaired) electrons. The number of aryl methyl sites for hydroxylation is 1. The van der Waals surface area contributed by atoms with Crippen LogP contribution in [0.2, 0.25) is 0 Å². The fourth-order valence-corrected chi connectivity index (χ4v) is 2.56. The third kappa shape index (κ3) is 5.05. The van der Waals surface area contributed by atoms with Gasteiger partial charge in [0, 0.05) is 25.7 Å². The fraction of sp³-hybridized carbons (Fsp3) is 0.588. The van der Waals surface area contributed by atoms with Gasteiger partial charge in [-0.25, -0.2) is 4.79 Å². The Labute approximate surface area is 127 Å². The number of amides is 1. The Kier molecular flexibility index (Phi) is 5.23. The summed E-state index contributed by atoms with van der Waals surface area (Å²) in [5.41, 5.74) is 0.874. The first-order valence-corrected chi connectivity index (χ1v) is 7.70. The molecule has 1 N–H and O–H groups in total. The Hall–Kier alpha value is -1.55. The van der Waals surface area contributed by atoms with Gasteiger partial charge in [-0.3, -0.25) is 0 Å². The van der Waals surface area contributed by atoms with Gasteiger partial charge in [-0.05, 0) is 39.2 Å². The normalized spacial score (nSPS) is 19.4. The number of hydrogen-bond donors (Lipinski definition) is 1. The summed E-state index contributed by atoms with van der Waals surface area (Å²) in [4.78, 5) is 14.2. The van der Waals surface area contributed by atoms with Crippen molar-refractivity contribution in [3.05, 3.63) is 35.9 Å². The van der Waals surface area contributed by atoms with E-state index in [1.165, 1.54) is 5.56 Å². The Balaban J connectivity index is 1.94. The molecule has 1 aliphatic rings. The first-order valence-electron chi connectivity index (χ1n) is 7.70. The van der Waals surface area contributed by atoms with Crippen molar-refractivity contribution in [2.75, 3.05) is 19.6 Å². The van der Waals surface area contributed by atoms with Crippen LogP contribution in [0, 0.1) is 0 Å². The summed E-state index contributed by atoms with van der Waals surface area (Å²) in [6, 6.07) is 10.6. The van der Waals surface area contributed by atoms with Crippen LogP contribution in [0.4, 0.5) is 4.79 Å². The van der Waals surface area contributed by atoms with Crippen molar-refractivity contribution in [2.45, 2.75) is 45.3 Å². The van der Waals surface area contributed by atoms with Gasteiger partial charge in [-0.1, -0.05) is 30.3 Å². The SMILES string of the molecule is CC(C)(C)OC(=O)N1CCNCC1CCc1ccccc1. The molecule has 1 aliphatic heterocycles. The van der Waals surface area contributed by atoms with Gasteiger partial charge in [0.1, 0.15) is 5.60 Å². The third-order valence-electron chi connectivity index (χ3n) is 3.59. The quantitative estimate of drug-likeness (QED) is 0.930. The minimum absolute atomic E-state index is 0.193. The van der Waals surface area contributed by atoms with Crippen LogP contribution in [0.15, 0.2) is 30.3 Å². The summed E-state index contributed by atoms with van der Waals surface area (Å²) < 4.78 is 5.52. The van der Waals surface area contributed by atoms with Crippen LogP contribution in [0.25, 0.3) is 0 Å². The van der Waals surface area contributed by atoms with Crippen LogP contribution in [-0.2, 0) is 11.2 Å². The Bertz CT molecular complexity index is 454. The largest absolute Gasteiger partial charge is 0.444 e. The molecule has 1 heterocycles. The molecule has 1 aromatic carbocycles. The van der Waals surface area contributed by atoms with Crippen LogP contribution in [0.3, 0.4) is 0 Å². The van der Waals surface area contributed by atoms with Gasteiger partial charge in [-0.15, -0.1) is 0 Å². The molecule has 0 spiro atoms. The summed E-state index contributed by atoms with van der Waals surface area (Å²) in [5.74, 6) is 0. The summed E-state index contributed by atoms with van der Waals surface area (Å²) in [5, 5.41) is 3.37. The van der Waals surface area contributed by atoms with E-state index in [0.29, 0.717) is 6.54 Å². The first-order chi connectivity index (χ1) is 9.96. The minimum atomic E-state index is -0.439. The summed E-state index contributed by atoms with van der Waals surface area (Å²) in [6.45, 7) is 8.12. The zero-order valence-electron chi connectivity index (χ0n) is 13.3. The minimum Gasteiger partial charge on any atom is -0.444 e. The maximum atomic E-state index is 12.3. The maximum Gasteiger partial charge on any atom is 0.410 e. The van der Waals surface area contributed by atoms with E-state index in [2.05, 4.69) is 29.6 Å². The second-order valence-electron chi connectivity index (χ2n) is 6.56. The third-order valence-corrected chi connectivity index (χ3v) is 3.59. The number of nitrogens with zero attached hydrogens (tertiary/aromatic N) is 1. The van der Waals surface area contributed by atoms with E-state index in [-0.39, 0.29) is 12.1 Å². The fourth-order valence-electron chi connectivity index (χ4n) is 2.56. The highest BCUT2D eigenvalue weighted by Crippen LogP contribution is 2.16. The van der Waals surface area contributed by atoms with Gasteiger partial charge in [-0.2, -0.15) is 0 Å². The molecule has 1 atom stereocenters. The molecule has 2 rings (SSSR count). The molecule has 0 aliphatic carbocycles. The predicted molar refractivity (Wildman–Crippen MR) is 84.4 cm³/mol. The average Bonchev–Trinajstić information content (AvgIpc) is 2.45. The monoisotopic (exact) mass is 290 g/mol. The molecule has 0 aromatic heterocycles. The zero-order chi connectivity index (χ0) is 15.3. The van der Waals surface area contributed by atoms with Gasteiger partial charge in [0.15, 0.2) is 0 Å². The van der Waals surface area contributed by atoms with Gasteiger partial charge in [0.25, 0.3) is 0 Å². The van der Waals surface area contributed by atoms with E-state index in [1.54, 1.807) is 0 Å². The zero-order valence-corrected chi connectivity index (χ0v) is 13.3. The molecule has 1 fully saturated rings. The Morgan fingerprint density at radius 2 is 2.05 bits per heavy atom. The molecular formula is C17H26N2O2. The van der Waals surface area contributed by atoms with Crippen molar-refractivity contribution in [2.24, 2.45) is 0 Å². The molecular weight excluding hydrogens is 264 g/mol. The van der Waals surface area contributed by atoms with E-state index in [0.717, 1.165) is 25.9 Å². The van der Waals surface area contributed by atoms with Crippen molar-refractivity contribution in [3.8, 4) is 0 Å². The van der Waals surface area contributed by atoms with E-state index < -0.39 is 5.60 Å². The number of ether oxygens (including phenoxy) is 1. The smallest absolute Gasteiger partial charge is 0.410 e. The second-order valence-corrected chi connectivity index (χ2v) is 6.56. The highest BCUT2D eigenvalue weighted by Gasteiger charge is 2.29. The van der Waals surface area contributed by atoms with Crippen LogP contribution in [0.5, 0.6) is 0 Å². The average molecular weight is 290 g/mol. The maximum absolute atomic E-state index is 12.3. The number of hydrogen-bond acceptors (Lipinski definition) is 3. The Morgan fingerprint density at radius 1 is 1.33 bits per heavy atom. The molecule has 1 amide bonds. The topological polar surface area (TPSA) is 41.6 Å². The molecule has 116 valence electrons. The number of benzene rings is 1. The van der Waals surface area contributed by atoms with Crippen LogP contribution in [0.1, 0.15) is 32.8 Å². The second kappa shape index (κ2) is 6.94. The van der Waals surface area contributed by atoms with Crippen LogP contribution >= 0.6 is 0 Å². The van der Waals surface area contributed by atoms with Gasteiger partial charge in [0.2, 0.25) is 0 Å². The molecule has 0 saturated carbocycles. The highest BCUT2D eigenvalue weighted by molar-refractivity contribution is 5.68. The number of rotatable bonds is 3. The van der Waals surface area contributed by atoms with Gasteiger partial charge in [0.05, 0.1) is 0 Å². The van der Waals surface area contributed by atoms with Crippen molar-refractivity contribution in [1.29, 1.82) is 0 Å². The molecule has 1 saturated heterocycles. The number of carbonyl (C=O) groups excluding carboxylic acids is 1. The lowest BCUT2D eigenvalue weighted by molar-refractivity contribution is 0.0112. The molecule has 0 bridgehead atoms. The summed E-state index contributed by atoms with van der Waals surface area (Å²) in [7, 11) is 0. The van der Waals surface area contributed by atoms with E-state index in [4.69, 9.17) is 4.74 Å². The number of carbonyl (C=O) groups is 1.